The second kappa shape index (κ2) is 9.20. The minimum atomic E-state index is 0.238. The lowest BCUT2D eigenvalue weighted by Crippen LogP contribution is -2.27. The molecule has 1 aliphatic heterocycles. The number of benzene rings is 1. The van der Waals surface area contributed by atoms with Gasteiger partial charge in [-0.2, -0.15) is 5.10 Å². The van der Waals surface area contributed by atoms with Crippen LogP contribution in [0.2, 0.25) is 0 Å². The van der Waals surface area contributed by atoms with Crippen LogP contribution in [-0.2, 0) is 4.79 Å². The van der Waals surface area contributed by atoms with Crippen LogP contribution in [0.5, 0.6) is 17.2 Å². The maximum absolute atomic E-state index is 11.6. The number of nitrogens with zero attached hydrogens (tertiary/aromatic N) is 4. The van der Waals surface area contributed by atoms with Crippen LogP contribution in [0.15, 0.2) is 18.3 Å². The molecule has 0 atom stereocenters. The largest absolute Gasteiger partial charge is 0.493 e. The summed E-state index contributed by atoms with van der Waals surface area (Å²) in [4.78, 5) is 18.0. The van der Waals surface area contributed by atoms with E-state index in [9.17, 15) is 4.79 Å². The number of hydrogen-bond acceptors (Lipinski definition) is 8. The number of carbonyl (C=O) groups excluding carboxylic acids is 1. The molecule has 1 aromatic carbocycles. The molecule has 0 radical (unpaired) electrons. The number of hydrogen-bond donors (Lipinski definition) is 1. The summed E-state index contributed by atoms with van der Waals surface area (Å²) in [6, 6.07) is 3.63. The van der Waals surface area contributed by atoms with Crippen molar-refractivity contribution in [1.29, 1.82) is 0 Å². The van der Waals surface area contributed by atoms with E-state index in [1.54, 1.807) is 27.5 Å². The van der Waals surface area contributed by atoms with Crippen LogP contribution in [0.25, 0.3) is 11.3 Å². The molecule has 0 saturated carbocycles. The molecule has 9 heteroatoms. The van der Waals surface area contributed by atoms with E-state index in [1.165, 1.54) is 0 Å². The monoisotopic (exact) mass is 387 g/mol. The van der Waals surface area contributed by atoms with Gasteiger partial charge >= 0.3 is 0 Å². The Balaban J connectivity index is 1.68. The first-order valence-electron chi connectivity index (χ1n) is 9.18. The molecule has 0 aliphatic carbocycles. The second-order valence-electron chi connectivity index (χ2n) is 6.34. The highest BCUT2D eigenvalue weighted by Crippen LogP contribution is 2.40. The molecule has 0 spiro atoms. The van der Waals surface area contributed by atoms with Gasteiger partial charge in [0.05, 0.1) is 33.2 Å². The Hall–Kier alpha value is -3.10. The second-order valence-corrected chi connectivity index (χ2v) is 6.34. The quantitative estimate of drug-likeness (QED) is 0.652. The maximum atomic E-state index is 11.6. The maximum Gasteiger partial charge on any atom is 0.243 e. The van der Waals surface area contributed by atoms with Crippen molar-refractivity contribution in [1.82, 2.24) is 20.1 Å². The minimum absolute atomic E-state index is 0.238. The van der Waals surface area contributed by atoms with Crippen LogP contribution < -0.4 is 19.5 Å². The third-order valence-corrected chi connectivity index (χ3v) is 4.58. The third kappa shape index (κ3) is 4.41. The fourth-order valence-corrected chi connectivity index (χ4v) is 3.16. The van der Waals surface area contributed by atoms with Crippen LogP contribution in [0.4, 0.5) is 5.95 Å². The highest BCUT2D eigenvalue weighted by atomic mass is 16.5. The van der Waals surface area contributed by atoms with Gasteiger partial charge in [0.2, 0.25) is 17.6 Å². The van der Waals surface area contributed by atoms with Crippen molar-refractivity contribution in [3.8, 4) is 28.5 Å². The van der Waals surface area contributed by atoms with Gasteiger partial charge in [-0.05, 0) is 25.0 Å². The van der Waals surface area contributed by atoms with Crippen LogP contribution in [0.3, 0.4) is 0 Å². The Bertz CT molecular complexity index is 805. The highest BCUT2D eigenvalue weighted by Gasteiger charge is 2.19. The number of methoxy groups -OCH3 is 3. The molecular formula is C19H25N5O4. The zero-order valence-corrected chi connectivity index (χ0v) is 16.4. The molecule has 1 saturated heterocycles. The van der Waals surface area contributed by atoms with Crippen LogP contribution in [0.1, 0.15) is 19.3 Å². The first-order chi connectivity index (χ1) is 13.7. The predicted octanol–water partition coefficient (Wildman–Crippen LogP) is 1.99. The predicted molar refractivity (Wildman–Crippen MR) is 104 cm³/mol. The number of anilines is 1. The normalized spacial score (nSPS) is 13.5. The van der Waals surface area contributed by atoms with E-state index < -0.39 is 0 Å². The van der Waals surface area contributed by atoms with E-state index >= 15 is 0 Å². The number of likely N-dealkylation sites (tertiary alicyclic amines) is 1. The van der Waals surface area contributed by atoms with Gasteiger partial charge in [-0.25, -0.2) is 4.98 Å². The van der Waals surface area contributed by atoms with Crippen molar-refractivity contribution in [2.75, 3.05) is 46.3 Å². The topological polar surface area (TPSA) is 98.7 Å². The van der Waals surface area contributed by atoms with Gasteiger partial charge in [-0.3, -0.25) is 4.79 Å². The van der Waals surface area contributed by atoms with Crippen molar-refractivity contribution in [3.63, 3.8) is 0 Å². The average molecular weight is 387 g/mol. The minimum Gasteiger partial charge on any atom is -0.493 e. The van der Waals surface area contributed by atoms with Gasteiger partial charge in [0.15, 0.2) is 11.5 Å². The van der Waals surface area contributed by atoms with Crippen molar-refractivity contribution in [2.24, 2.45) is 0 Å². The number of rotatable bonds is 9. The van der Waals surface area contributed by atoms with Gasteiger partial charge < -0.3 is 24.4 Å². The van der Waals surface area contributed by atoms with Crippen LogP contribution in [0, 0.1) is 0 Å². The van der Waals surface area contributed by atoms with Gasteiger partial charge in [-0.1, -0.05) is 0 Å². The number of nitrogens with one attached hydrogen (secondary N) is 1. The number of amides is 1. The van der Waals surface area contributed by atoms with E-state index in [1.807, 2.05) is 17.0 Å². The Morgan fingerprint density at radius 1 is 1.14 bits per heavy atom. The molecule has 28 heavy (non-hydrogen) atoms. The van der Waals surface area contributed by atoms with Crippen LogP contribution >= 0.6 is 0 Å². The summed E-state index contributed by atoms with van der Waals surface area (Å²) in [6.07, 6.45) is 4.02. The average Bonchev–Trinajstić information content (AvgIpc) is 3.14. The molecule has 9 nitrogen and oxygen atoms in total. The smallest absolute Gasteiger partial charge is 0.243 e. The SMILES string of the molecule is COc1cc(-c2cnnc(NCCCN3CCCC3=O)n2)cc(OC)c1OC. The zero-order chi connectivity index (χ0) is 19.9. The Kier molecular flexibility index (Phi) is 6.46. The molecule has 3 rings (SSSR count). The van der Waals surface area contributed by atoms with E-state index in [-0.39, 0.29) is 5.91 Å². The van der Waals surface area contributed by atoms with E-state index in [4.69, 9.17) is 14.2 Å². The Morgan fingerprint density at radius 2 is 1.89 bits per heavy atom. The summed E-state index contributed by atoms with van der Waals surface area (Å²) in [7, 11) is 4.69. The molecule has 1 amide bonds. The summed E-state index contributed by atoms with van der Waals surface area (Å²) in [5.74, 6) is 2.27. The molecule has 1 fully saturated rings. The molecule has 1 aliphatic rings. The Morgan fingerprint density at radius 3 is 2.50 bits per heavy atom. The molecule has 0 bridgehead atoms. The molecule has 2 aromatic rings. The third-order valence-electron chi connectivity index (χ3n) is 4.58. The summed E-state index contributed by atoms with van der Waals surface area (Å²) in [5, 5.41) is 11.2. The van der Waals surface area contributed by atoms with Crippen molar-refractivity contribution in [3.05, 3.63) is 18.3 Å². The van der Waals surface area contributed by atoms with Crippen molar-refractivity contribution in [2.45, 2.75) is 19.3 Å². The van der Waals surface area contributed by atoms with Crippen molar-refractivity contribution >= 4 is 11.9 Å². The summed E-state index contributed by atoms with van der Waals surface area (Å²) >= 11 is 0. The van der Waals surface area contributed by atoms with E-state index in [0.717, 1.165) is 31.5 Å². The molecule has 1 aromatic heterocycles. The van der Waals surface area contributed by atoms with E-state index in [2.05, 4.69) is 20.5 Å². The van der Waals surface area contributed by atoms with Gasteiger partial charge in [0, 0.05) is 31.6 Å². The fourth-order valence-electron chi connectivity index (χ4n) is 3.16. The molecule has 1 N–H and O–H groups in total. The lowest BCUT2D eigenvalue weighted by molar-refractivity contribution is -0.127. The lowest BCUT2D eigenvalue weighted by atomic mass is 10.1. The lowest BCUT2D eigenvalue weighted by Gasteiger charge is -2.15. The summed E-state index contributed by atoms with van der Waals surface area (Å²) in [6.45, 7) is 2.25. The van der Waals surface area contributed by atoms with Gasteiger partial charge in [0.1, 0.15) is 0 Å². The van der Waals surface area contributed by atoms with Crippen LogP contribution in [-0.4, -0.2) is 67.0 Å². The number of carbonyl (C=O) groups is 1. The van der Waals surface area contributed by atoms with Gasteiger partial charge in [-0.15, -0.1) is 5.10 Å². The van der Waals surface area contributed by atoms with Crippen molar-refractivity contribution < 1.29 is 19.0 Å². The fraction of sp³-hybridized carbons (Fsp3) is 0.474. The summed E-state index contributed by atoms with van der Waals surface area (Å²) < 4.78 is 16.1. The Labute approximate surface area is 164 Å². The first-order valence-corrected chi connectivity index (χ1v) is 9.18. The summed E-state index contributed by atoms with van der Waals surface area (Å²) in [5.41, 5.74) is 1.40. The zero-order valence-electron chi connectivity index (χ0n) is 16.4. The molecule has 2 heterocycles. The molecular weight excluding hydrogens is 362 g/mol. The first kappa shape index (κ1) is 19.7. The standard InChI is InChI=1S/C19H25N5O4/c1-26-15-10-13(11-16(27-2)18(15)28-3)14-12-21-23-19(22-14)20-7-5-9-24-8-4-6-17(24)25/h10-12H,4-9H2,1-3H3,(H,20,22,23). The van der Waals surface area contributed by atoms with Gasteiger partial charge in [0.25, 0.3) is 0 Å². The molecule has 150 valence electrons. The number of ether oxygens (including phenoxy) is 3. The number of aromatic nitrogens is 3. The van der Waals surface area contributed by atoms with E-state index in [0.29, 0.717) is 41.9 Å². The molecule has 0 unspecified atom stereocenters. The highest BCUT2D eigenvalue weighted by molar-refractivity contribution is 5.78.